The first kappa shape index (κ1) is 16.8. The van der Waals surface area contributed by atoms with Crippen LogP contribution in [-0.2, 0) is 4.57 Å². The minimum Gasteiger partial charge on any atom is -0.358 e. The van der Waals surface area contributed by atoms with Crippen LogP contribution in [0, 0.1) is 5.92 Å². The molecule has 0 saturated heterocycles. The second-order valence-electron chi connectivity index (χ2n) is 7.73. The molecule has 3 aliphatic rings. The van der Waals surface area contributed by atoms with Gasteiger partial charge in [-0.15, -0.1) is 0 Å². The third kappa shape index (κ3) is 2.27. The Kier molecular flexibility index (Phi) is 3.60. The molecule has 3 aromatic carbocycles. The highest BCUT2D eigenvalue weighted by atomic mass is 31.2. The summed E-state index contributed by atoms with van der Waals surface area (Å²) < 4.78 is 15.1. The average Bonchev–Trinajstić information content (AvgIpc) is 2.95. The van der Waals surface area contributed by atoms with Gasteiger partial charge in [-0.3, -0.25) is 0 Å². The van der Waals surface area contributed by atoms with Crippen LogP contribution in [0.25, 0.3) is 10.9 Å². The van der Waals surface area contributed by atoms with Gasteiger partial charge in [0.15, 0.2) is 7.14 Å². The molecular formula is C26H20NOP. The second kappa shape index (κ2) is 6.20. The number of rotatable bonds is 1. The number of nitrogens with one attached hydrogen (secondary N) is 1. The zero-order chi connectivity index (χ0) is 19.4. The molecule has 0 bridgehead atoms. The van der Waals surface area contributed by atoms with Gasteiger partial charge in [-0.1, -0.05) is 84.9 Å². The van der Waals surface area contributed by atoms with Gasteiger partial charge in [-0.05, 0) is 29.7 Å². The first-order valence-electron chi connectivity index (χ1n) is 10.0. The van der Waals surface area contributed by atoms with Gasteiger partial charge < -0.3 is 9.88 Å². The standard InChI is InChI=1S/C26H20NOP/c28-29(18-10-2-1-3-11-18)24-17-9-6-14-21(24)25-19-12-4-7-15-22(19)27-23-16-8-5-13-20(23)26(25)29/h1-11,13-17,19,27H,12H2. The van der Waals surface area contributed by atoms with Crippen molar-refractivity contribution in [1.29, 1.82) is 0 Å². The van der Waals surface area contributed by atoms with E-state index >= 15 is 4.57 Å². The minimum atomic E-state index is -2.98. The number of anilines is 1. The van der Waals surface area contributed by atoms with Crippen molar-refractivity contribution in [3.63, 3.8) is 0 Å². The summed E-state index contributed by atoms with van der Waals surface area (Å²) in [5.74, 6) is 0.183. The molecule has 2 heterocycles. The summed E-state index contributed by atoms with van der Waals surface area (Å²) in [6.07, 6.45) is 7.40. The molecule has 0 saturated carbocycles. The normalized spacial score (nSPS) is 23.9. The van der Waals surface area contributed by atoms with E-state index in [0.29, 0.717) is 0 Å². The van der Waals surface area contributed by atoms with Crippen LogP contribution < -0.4 is 15.9 Å². The summed E-state index contributed by atoms with van der Waals surface area (Å²) in [7, 11) is -2.98. The lowest BCUT2D eigenvalue weighted by Crippen LogP contribution is -2.17. The van der Waals surface area contributed by atoms with Crippen LogP contribution in [0.3, 0.4) is 0 Å². The largest absolute Gasteiger partial charge is 0.358 e. The van der Waals surface area contributed by atoms with Crippen molar-refractivity contribution < 1.29 is 4.57 Å². The predicted molar refractivity (Wildman–Crippen MR) is 122 cm³/mol. The van der Waals surface area contributed by atoms with E-state index < -0.39 is 7.14 Å². The Labute approximate surface area is 170 Å². The smallest absolute Gasteiger partial charge is 0.172 e. The van der Waals surface area contributed by atoms with Crippen molar-refractivity contribution >= 4 is 34.3 Å². The number of fused-ring (bicyclic) bond motifs is 6. The van der Waals surface area contributed by atoms with Gasteiger partial charge in [0.1, 0.15) is 0 Å². The number of benzene rings is 3. The first-order chi connectivity index (χ1) is 14.3. The first-order valence-corrected chi connectivity index (χ1v) is 11.7. The molecule has 0 aromatic heterocycles. The number of para-hydroxylation sites is 1. The van der Waals surface area contributed by atoms with E-state index in [-0.39, 0.29) is 5.92 Å². The molecular weight excluding hydrogens is 373 g/mol. The van der Waals surface area contributed by atoms with E-state index in [0.717, 1.165) is 39.2 Å². The van der Waals surface area contributed by atoms with Crippen LogP contribution in [0.5, 0.6) is 0 Å². The molecule has 1 aliphatic carbocycles. The Morgan fingerprint density at radius 2 is 1.55 bits per heavy atom. The van der Waals surface area contributed by atoms with E-state index in [1.165, 1.54) is 11.3 Å². The quantitative estimate of drug-likeness (QED) is 0.532. The zero-order valence-electron chi connectivity index (χ0n) is 15.9. The van der Waals surface area contributed by atoms with Gasteiger partial charge in [0.25, 0.3) is 0 Å². The Hall–Kier alpha value is -3.09. The molecule has 6 rings (SSSR count). The highest BCUT2D eigenvalue weighted by Gasteiger charge is 2.47. The maximum Gasteiger partial charge on any atom is 0.172 e. The monoisotopic (exact) mass is 393 g/mol. The number of hydrogen-bond acceptors (Lipinski definition) is 2. The fraction of sp³-hybridized carbons (Fsp3) is 0.0769. The minimum absolute atomic E-state index is 0.183. The van der Waals surface area contributed by atoms with Crippen molar-refractivity contribution in [3.05, 3.63) is 114 Å². The molecule has 1 N–H and O–H groups in total. The number of allylic oxidation sites excluding steroid dienone is 4. The van der Waals surface area contributed by atoms with Crippen LogP contribution in [0.15, 0.2) is 103 Å². The summed E-state index contributed by atoms with van der Waals surface area (Å²) in [6, 6.07) is 26.6. The highest BCUT2D eigenvalue weighted by Crippen LogP contribution is 2.67. The van der Waals surface area contributed by atoms with Crippen LogP contribution in [0.4, 0.5) is 5.69 Å². The lowest BCUT2D eigenvalue weighted by molar-refractivity contribution is 0.593. The zero-order valence-corrected chi connectivity index (χ0v) is 16.8. The Morgan fingerprint density at radius 3 is 2.41 bits per heavy atom. The number of hydrogen-bond donors (Lipinski definition) is 1. The lowest BCUT2D eigenvalue weighted by atomic mass is 9.85. The predicted octanol–water partition coefficient (Wildman–Crippen LogP) is 5.77. The fourth-order valence-electron chi connectivity index (χ4n) is 4.95. The lowest BCUT2D eigenvalue weighted by Gasteiger charge is -2.23. The highest BCUT2D eigenvalue weighted by molar-refractivity contribution is 7.88. The average molecular weight is 393 g/mol. The van der Waals surface area contributed by atoms with E-state index in [1.54, 1.807) is 0 Å². The second-order valence-corrected chi connectivity index (χ2v) is 10.4. The third-order valence-electron chi connectivity index (χ3n) is 6.19. The van der Waals surface area contributed by atoms with Gasteiger partial charge in [-0.25, -0.2) is 0 Å². The van der Waals surface area contributed by atoms with E-state index in [1.807, 2.05) is 48.5 Å². The van der Waals surface area contributed by atoms with Crippen LogP contribution in [-0.4, -0.2) is 0 Å². The molecule has 2 nitrogen and oxygen atoms in total. The molecule has 2 aliphatic heterocycles. The molecule has 0 fully saturated rings. The topological polar surface area (TPSA) is 29.1 Å². The van der Waals surface area contributed by atoms with Gasteiger partial charge in [-0.2, -0.15) is 0 Å². The van der Waals surface area contributed by atoms with Crippen LogP contribution in [0.1, 0.15) is 17.5 Å². The molecule has 0 spiro atoms. The maximum atomic E-state index is 15.1. The Balaban J connectivity index is 1.77. The molecule has 3 aromatic rings. The SMILES string of the molecule is O=P1(c2ccccc2)C2=C(c3ccccc31)C1CC=CC=C1Nc1ccccc12. The molecule has 3 heteroatoms. The van der Waals surface area contributed by atoms with E-state index in [4.69, 9.17) is 0 Å². The van der Waals surface area contributed by atoms with Crippen LogP contribution in [0.2, 0.25) is 0 Å². The Bertz CT molecular complexity index is 1280. The summed E-state index contributed by atoms with van der Waals surface area (Å²) >= 11 is 0. The van der Waals surface area contributed by atoms with Gasteiger partial charge in [0, 0.05) is 38.8 Å². The van der Waals surface area contributed by atoms with Crippen molar-refractivity contribution in [2.75, 3.05) is 5.32 Å². The maximum absolute atomic E-state index is 15.1. The summed E-state index contributed by atoms with van der Waals surface area (Å²) in [4.78, 5) is 0. The molecule has 29 heavy (non-hydrogen) atoms. The van der Waals surface area contributed by atoms with Crippen molar-refractivity contribution in [2.24, 2.45) is 5.92 Å². The summed E-state index contributed by atoms with van der Waals surface area (Å²) in [5, 5.41) is 6.55. The molecule has 2 atom stereocenters. The van der Waals surface area contributed by atoms with Gasteiger partial charge in [0.05, 0.1) is 0 Å². The van der Waals surface area contributed by atoms with Crippen molar-refractivity contribution in [1.82, 2.24) is 0 Å². The molecule has 0 radical (unpaired) electrons. The molecule has 2 unspecified atom stereocenters. The van der Waals surface area contributed by atoms with Crippen molar-refractivity contribution in [3.8, 4) is 0 Å². The van der Waals surface area contributed by atoms with E-state index in [2.05, 4.69) is 53.9 Å². The van der Waals surface area contributed by atoms with Gasteiger partial charge in [0.2, 0.25) is 0 Å². The summed E-state index contributed by atoms with van der Waals surface area (Å²) in [6.45, 7) is 0. The Morgan fingerprint density at radius 1 is 0.828 bits per heavy atom. The fourth-order valence-corrected chi connectivity index (χ4v) is 8.30. The summed E-state index contributed by atoms with van der Waals surface area (Å²) in [5.41, 5.74) is 5.63. The van der Waals surface area contributed by atoms with E-state index in [9.17, 15) is 0 Å². The molecule has 140 valence electrons. The third-order valence-corrected chi connectivity index (χ3v) is 9.40. The molecule has 0 amide bonds. The van der Waals surface area contributed by atoms with Crippen LogP contribution >= 0.6 is 7.14 Å². The van der Waals surface area contributed by atoms with Crippen molar-refractivity contribution in [2.45, 2.75) is 6.42 Å². The van der Waals surface area contributed by atoms with Gasteiger partial charge >= 0.3 is 0 Å².